The lowest BCUT2D eigenvalue weighted by Gasteiger charge is -2.59. The number of fused-ring (bicyclic) bond motifs is 5. The van der Waals surface area contributed by atoms with E-state index in [2.05, 4.69) is 26.8 Å². The normalized spacial score (nSPS) is 47.2. The maximum atomic E-state index is 10.9. The topological polar surface area (TPSA) is 40.5 Å². The van der Waals surface area contributed by atoms with Crippen molar-refractivity contribution in [1.29, 1.82) is 0 Å². The second kappa shape index (κ2) is 7.37. The Morgan fingerprint density at radius 2 is 1.83 bits per heavy atom. The summed E-state index contributed by atoms with van der Waals surface area (Å²) < 4.78 is 0. The molecule has 2 nitrogen and oxygen atoms in total. The van der Waals surface area contributed by atoms with E-state index in [4.69, 9.17) is 0 Å². The molecule has 5 unspecified atom stereocenters. The van der Waals surface area contributed by atoms with Crippen molar-refractivity contribution < 1.29 is 10.2 Å². The van der Waals surface area contributed by atoms with Gasteiger partial charge in [-0.15, -0.1) is 0 Å². The van der Waals surface area contributed by atoms with Crippen LogP contribution in [0.4, 0.5) is 0 Å². The van der Waals surface area contributed by atoms with Crippen molar-refractivity contribution in [2.24, 2.45) is 34.5 Å². The van der Waals surface area contributed by atoms with Gasteiger partial charge < -0.3 is 10.2 Å². The minimum Gasteiger partial charge on any atom is -0.390 e. The van der Waals surface area contributed by atoms with Gasteiger partial charge >= 0.3 is 0 Å². The summed E-state index contributed by atoms with van der Waals surface area (Å²) in [4.78, 5) is 0. The third-order valence-electron chi connectivity index (χ3n) is 10.5. The molecule has 4 rings (SSSR count). The summed E-state index contributed by atoms with van der Waals surface area (Å²) in [5.74, 6) is 3.42. The van der Waals surface area contributed by atoms with Crippen molar-refractivity contribution in [3.63, 3.8) is 0 Å². The van der Waals surface area contributed by atoms with E-state index in [-0.39, 0.29) is 0 Å². The zero-order valence-corrected chi connectivity index (χ0v) is 19.8. The molecule has 0 saturated heterocycles. The fourth-order valence-corrected chi connectivity index (χ4v) is 8.38. The van der Waals surface area contributed by atoms with Crippen LogP contribution in [0.3, 0.4) is 0 Å². The van der Waals surface area contributed by atoms with E-state index in [0.29, 0.717) is 10.8 Å². The fraction of sp³-hybridized carbons (Fsp3) is 0.926. The molecule has 29 heavy (non-hydrogen) atoms. The lowest BCUT2D eigenvalue weighted by atomic mass is 9.46. The van der Waals surface area contributed by atoms with Gasteiger partial charge in [0.2, 0.25) is 0 Å². The van der Waals surface area contributed by atoms with Crippen molar-refractivity contribution >= 4 is 0 Å². The van der Waals surface area contributed by atoms with Gasteiger partial charge in [-0.3, -0.25) is 0 Å². The lowest BCUT2D eigenvalue weighted by molar-refractivity contribution is -0.0719. The van der Waals surface area contributed by atoms with E-state index in [1.807, 2.05) is 13.8 Å². The highest BCUT2D eigenvalue weighted by molar-refractivity contribution is 5.27. The molecule has 166 valence electrons. The van der Waals surface area contributed by atoms with Crippen LogP contribution in [0.5, 0.6) is 0 Å². The summed E-state index contributed by atoms with van der Waals surface area (Å²) in [5, 5.41) is 21.0. The number of hydrogen-bond donors (Lipinski definition) is 2. The van der Waals surface area contributed by atoms with Gasteiger partial charge in [-0.1, -0.05) is 38.8 Å². The van der Waals surface area contributed by atoms with E-state index < -0.39 is 11.2 Å². The third kappa shape index (κ3) is 3.75. The summed E-state index contributed by atoms with van der Waals surface area (Å²) >= 11 is 0. The molecule has 2 N–H and O–H groups in total. The zero-order chi connectivity index (χ0) is 21.1. The molecule has 3 saturated carbocycles. The smallest absolute Gasteiger partial charge is 0.0682 e. The Morgan fingerprint density at radius 1 is 1.07 bits per heavy atom. The third-order valence-corrected chi connectivity index (χ3v) is 10.5. The predicted molar refractivity (Wildman–Crippen MR) is 121 cm³/mol. The summed E-state index contributed by atoms with van der Waals surface area (Å²) in [6.45, 7) is 11.2. The van der Waals surface area contributed by atoms with E-state index in [0.717, 1.165) is 49.4 Å². The molecule has 0 aliphatic heterocycles. The summed E-state index contributed by atoms with van der Waals surface area (Å²) in [5.41, 5.74) is 1.49. The van der Waals surface area contributed by atoms with Crippen molar-refractivity contribution in [2.45, 2.75) is 123 Å². The first kappa shape index (κ1) is 21.9. The van der Waals surface area contributed by atoms with Crippen LogP contribution in [-0.4, -0.2) is 21.4 Å². The van der Waals surface area contributed by atoms with Crippen LogP contribution >= 0.6 is 0 Å². The van der Waals surface area contributed by atoms with Crippen molar-refractivity contribution in [1.82, 2.24) is 0 Å². The molecule has 0 bridgehead atoms. The summed E-state index contributed by atoms with van der Waals surface area (Å²) in [7, 11) is 0. The van der Waals surface area contributed by atoms with Crippen LogP contribution in [-0.2, 0) is 0 Å². The first-order valence-corrected chi connectivity index (χ1v) is 12.7. The van der Waals surface area contributed by atoms with Gasteiger partial charge in [0, 0.05) is 0 Å². The van der Waals surface area contributed by atoms with Crippen LogP contribution in [0.2, 0.25) is 0 Å². The van der Waals surface area contributed by atoms with E-state index in [1.54, 1.807) is 5.57 Å². The first-order valence-electron chi connectivity index (χ1n) is 12.7. The monoisotopic (exact) mass is 402 g/mol. The molecule has 7 atom stereocenters. The molecule has 0 spiro atoms. The Hall–Kier alpha value is -0.340. The van der Waals surface area contributed by atoms with Crippen LogP contribution < -0.4 is 0 Å². The van der Waals surface area contributed by atoms with E-state index in [9.17, 15) is 10.2 Å². The Labute approximate surface area is 179 Å². The summed E-state index contributed by atoms with van der Waals surface area (Å²) in [6, 6.07) is 0. The Morgan fingerprint density at radius 3 is 2.52 bits per heavy atom. The molecule has 4 aliphatic rings. The van der Waals surface area contributed by atoms with E-state index in [1.165, 1.54) is 51.4 Å². The van der Waals surface area contributed by atoms with Gasteiger partial charge in [0.05, 0.1) is 11.2 Å². The van der Waals surface area contributed by atoms with Crippen LogP contribution in [0, 0.1) is 34.5 Å². The predicted octanol–water partition coefficient (Wildman–Crippen LogP) is 6.65. The average Bonchev–Trinajstić information content (AvgIpc) is 2.98. The number of allylic oxidation sites excluding steroid dienone is 1. The SMILES string of the molecule is CC[C@]1(O)CC[C@@]2(C)C(=CCC3C4CCC(CCCC(C)(C)O)C4(C)CCC32)C1. The molecule has 4 aliphatic carbocycles. The largest absolute Gasteiger partial charge is 0.390 e. The standard InChI is InChI=1S/C27H46O2/c1-6-27(29)17-16-26(5)20(18-27)9-11-21-22-12-10-19(8-7-14-24(2,3)28)25(22,4)15-13-23(21)26/h9,19,21-23,28-29H,6-8,10-18H2,1-5H3/t19?,21?,22?,23?,25?,26-,27-/m0/s1. The molecule has 0 aromatic carbocycles. The highest BCUT2D eigenvalue weighted by atomic mass is 16.3. The van der Waals surface area contributed by atoms with Crippen LogP contribution in [0.25, 0.3) is 0 Å². The fourth-order valence-electron chi connectivity index (χ4n) is 8.38. The molecule has 0 aromatic rings. The second-order valence-corrected chi connectivity index (χ2v) is 12.5. The lowest BCUT2D eigenvalue weighted by Crippen LogP contribution is -2.52. The Bertz CT molecular complexity index is 645. The molecule has 3 fully saturated rings. The molecule has 2 heteroatoms. The number of rotatable bonds is 5. The van der Waals surface area contributed by atoms with Crippen molar-refractivity contribution in [3.05, 3.63) is 11.6 Å². The molecular weight excluding hydrogens is 356 g/mol. The first-order chi connectivity index (χ1) is 13.5. The summed E-state index contributed by atoms with van der Waals surface area (Å²) in [6.07, 6.45) is 16.8. The quantitative estimate of drug-likeness (QED) is 0.506. The number of aliphatic hydroxyl groups is 2. The van der Waals surface area contributed by atoms with Gasteiger partial charge in [0.25, 0.3) is 0 Å². The van der Waals surface area contributed by atoms with Crippen LogP contribution in [0.15, 0.2) is 11.6 Å². The maximum Gasteiger partial charge on any atom is 0.0682 e. The minimum atomic E-state index is -0.517. The molecule has 0 radical (unpaired) electrons. The number of hydrogen-bond acceptors (Lipinski definition) is 2. The van der Waals surface area contributed by atoms with Gasteiger partial charge in [0.15, 0.2) is 0 Å². The highest BCUT2D eigenvalue weighted by Crippen LogP contribution is 2.67. The average molecular weight is 403 g/mol. The van der Waals surface area contributed by atoms with Crippen LogP contribution in [0.1, 0.15) is 112 Å². The highest BCUT2D eigenvalue weighted by Gasteiger charge is 2.59. The molecular formula is C27H46O2. The van der Waals surface area contributed by atoms with Gasteiger partial charge in [-0.05, 0) is 119 Å². The van der Waals surface area contributed by atoms with Crippen molar-refractivity contribution in [3.8, 4) is 0 Å². The zero-order valence-electron chi connectivity index (χ0n) is 19.8. The second-order valence-electron chi connectivity index (χ2n) is 12.5. The minimum absolute atomic E-state index is 0.338. The Balaban J connectivity index is 1.49. The van der Waals surface area contributed by atoms with Gasteiger partial charge in [-0.25, -0.2) is 0 Å². The molecule has 0 heterocycles. The van der Waals surface area contributed by atoms with E-state index >= 15 is 0 Å². The Kier molecular flexibility index (Phi) is 5.56. The van der Waals surface area contributed by atoms with Gasteiger partial charge in [0.1, 0.15) is 0 Å². The van der Waals surface area contributed by atoms with Crippen molar-refractivity contribution in [2.75, 3.05) is 0 Å². The molecule has 0 aromatic heterocycles. The maximum absolute atomic E-state index is 10.9. The van der Waals surface area contributed by atoms with Gasteiger partial charge in [-0.2, -0.15) is 0 Å². The molecule has 0 amide bonds.